The summed E-state index contributed by atoms with van der Waals surface area (Å²) in [5.41, 5.74) is 0.916. The van der Waals surface area contributed by atoms with Crippen LogP contribution in [0.3, 0.4) is 0 Å². The summed E-state index contributed by atoms with van der Waals surface area (Å²) in [5, 5.41) is 16.6. The van der Waals surface area contributed by atoms with Crippen LogP contribution in [0.1, 0.15) is 13.3 Å². The minimum Gasteiger partial charge on any atom is -0.478 e. The topological polar surface area (TPSA) is 116 Å². The zero-order chi connectivity index (χ0) is 24.3. The lowest BCUT2D eigenvalue weighted by Gasteiger charge is -2.34. The number of hydrogen-bond donors (Lipinski definition) is 2. The van der Waals surface area contributed by atoms with E-state index in [9.17, 15) is 9.59 Å². The molecule has 1 aliphatic heterocycles. The van der Waals surface area contributed by atoms with Crippen molar-refractivity contribution >= 4 is 28.8 Å². The third-order valence-electron chi connectivity index (χ3n) is 5.08. The molecule has 178 valence electrons. The van der Waals surface area contributed by atoms with Crippen LogP contribution < -0.4 is 9.64 Å². The van der Waals surface area contributed by atoms with E-state index >= 15 is 0 Å². The Morgan fingerprint density at radius 2 is 1.53 bits per heavy atom. The van der Waals surface area contributed by atoms with E-state index in [1.165, 1.54) is 6.42 Å². The molecule has 9 nitrogen and oxygen atoms in total. The van der Waals surface area contributed by atoms with Crippen LogP contribution in [-0.4, -0.2) is 69.7 Å². The third-order valence-corrected chi connectivity index (χ3v) is 5.08. The number of ether oxygens (including phenoxy) is 1. The second kappa shape index (κ2) is 12.3. The van der Waals surface area contributed by atoms with E-state index in [4.69, 9.17) is 24.9 Å². The summed E-state index contributed by atoms with van der Waals surface area (Å²) in [5.74, 6) is -0.353. The number of fused-ring (bicyclic) bond motifs is 1. The maximum atomic E-state index is 9.55. The van der Waals surface area contributed by atoms with Gasteiger partial charge in [-0.1, -0.05) is 37.3 Å². The number of para-hydroxylation sites is 2. The van der Waals surface area contributed by atoms with Gasteiger partial charge in [0.25, 0.3) is 0 Å². The fourth-order valence-corrected chi connectivity index (χ4v) is 3.49. The summed E-state index contributed by atoms with van der Waals surface area (Å²) in [6, 6.07) is 17.8. The highest BCUT2D eigenvalue weighted by atomic mass is 16.5. The average molecular weight is 465 g/mol. The number of aliphatic carboxylic acids is 2. The van der Waals surface area contributed by atoms with Crippen molar-refractivity contribution in [1.82, 2.24) is 14.9 Å². The molecule has 1 saturated heterocycles. The molecule has 0 radical (unpaired) electrons. The van der Waals surface area contributed by atoms with Crippen LogP contribution in [0.25, 0.3) is 10.9 Å². The molecule has 9 heteroatoms. The lowest BCUT2D eigenvalue weighted by Crippen LogP contribution is -2.47. The predicted octanol–water partition coefficient (Wildman–Crippen LogP) is 3.67. The van der Waals surface area contributed by atoms with Gasteiger partial charge in [0.1, 0.15) is 5.75 Å². The number of nitrogens with zero attached hydrogens (tertiary/aromatic N) is 4. The summed E-state index contributed by atoms with van der Waals surface area (Å²) in [6.07, 6.45) is 2.31. The number of rotatable bonds is 7. The summed E-state index contributed by atoms with van der Waals surface area (Å²) in [4.78, 5) is 33.4. The highest BCUT2D eigenvalue weighted by Crippen LogP contribution is 2.29. The number of carboxylic acid groups (broad SMARTS) is 2. The molecule has 0 spiro atoms. The molecule has 34 heavy (non-hydrogen) atoms. The van der Waals surface area contributed by atoms with Gasteiger partial charge in [-0.15, -0.1) is 0 Å². The summed E-state index contributed by atoms with van der Waals surface area (Å²) in [7, 11) is 0. The Labute approximate surface area is 197 Å². The number of carbonyl (C=O) groups is 2. The Balaban J connectivity index is 0.000000350. The number of anilines is 1. The van der Waals surface area contributed by atoms with Gasteiger partial charge in [-0.2, -0.15) is 4.98 Å². The Hall–Kier alpha value is -3.98. The fourth-order valence-electron chi connectivity index (χ4n) is 3.49. The standard InChI is InChI=1S/C21H24N4O.C4H4O4/c1-2-12-24-13-15-25(16-14-24)21-22-19-11-7-6-10-18(19)20(23-21)26-17-8-4-3-5-9-17;5-3(6)1-2-4(7)8/h3-11H,2,12-16H2,1H3;1-2H,(H,5,6)(H,7,8). The molecule has 0 bridgehead atoms. The van der Waals surface area contributed by atoms with E-state index in [1.54, 1.807) is 0 Å². The first kappa shape index (κ1) is 24.7. The Morgan fingerprint density at radius 1 is 0.912 bits per heavy atom. The van der Waals surface area contributed by atoms with Gasteiger partial charge in [0.15, 0.2) is 0 Å². The average Bonchev–Trinajstić information content (AvgIpc) is 2.84. The number of hydrogen-bond acceptors (Lipinski definition) is 7. The van der Waals surface area contributed by atoms with E-state index < -0.39 is 11.9 Å². The van der Waals surface area contributed by atoms with Crippen molar-refractivity contribution in [3.63, 3.8) is 0 Å². The quantitative estimate of drug-likeness (QED) is 0.505. The summed E-state index contributed by atoms with van der Waals surface area (Å²) < 4.78 is 6.09. The van der Waals surface area contributed by atoms with Crippen molar-refractivity contribution in [3.05, 3.63) is 66.7 Å². The largest absolute Gasteiger partial charge is 0.478 e. The fraction of sp³-hybridized carbons (Fsp3) is 0.280. The molecule has 0 aliphatic carbocycles. The Bertz CT molecular complexity index is 1110. The molecular formula is C25H28N4O5. The van der Waals surface area contributed by atoms with Crippen molar-refractivity contribution < 1.29 is 24.5 Å². The van der Waals surface area contributed by atoms with Crippen LogP contribution in [0.2, 0.25) is 0 Å². The van der Waals surface area contributed by atoms with Gasteiger partial charge < -0.3 is 19.8 Å². The first-order chi connectivity index (χ1) is 16.5. The van der Waals surface area contributed by atoms with E-state index in [0.29, 0.717) is 18.0 Å². The molecule has 1 aromatic heterocycles. The molecule has 0 amide bonds. The van der Waals surface area contributed by atoms with E-state index in [0.717, 1.165) is 55.3 Å². The molecule has 2 heterocycles. The van der Waals surface area contributed by atoms with Crippen LogP contribution in [0.5, 0.6) is 11.6 Å². The minimum absolute atomic E-state index is 0.558. The molecule has 1 fully saturated rings. The van der Waals surface area contributed by atoms with Crippen molar-refractivity contribution in [1.29, 1.82) is 0 Å². The lowest BCUT2D eigenvalue weighted by molar-refractivity contribution is -0.134. The normalized spacial score (nSPS) is 14.0. The van der Waals surface area contributed by atoms with Gasteiger partial charge >= 0.3 is 11.9 Å². The van der Waals surface area contributed by atoms with Crippen LogP contribution in [-0.2, 0) is 9.59 Å². The Morgan fingerprint density at radius 3 is 2.15 bits per heavy atom. The SMILES string of the molecule is CCCN1CCN(c2nc(Oc3ccccc3)c3ccccc3n2)CC1.O=C(O)C=CC(=O)O. The number of aromatic nitrogens is 2. The van der Waals surface area contributed by atoms with Crippen LogP contribution in [0, 0.1) is 0 Å². The van der Waals surface area contributed by atoms with Gasteiger partial charge in [-0.25, -0.2) is 14.6 Å². The monoisotopic (exact) mass is 464 g/mol. The molecule has 2 N–H and O–H groups in total. The van der Waals surface area contributed by atoms with E-state index in [-0.39, 0.29) is 0 Å². The number of piperazine rings is 1. The van der Waals surface area contributed by atoms with Gasteiger partial charge in [0.05, 0.1) is 10.9 Å². The second-order valence-electron chi connectivity index (χ2n) is 7.60. The van der Waals surface area contributed by atoms with E-state index in [1.807, 2.05) is 54.6 Å². The molecule has 0 saturated carbocycles. The highest BCUT2D eigenvalue weighted by molar-refractivity contribution is 5.89. The zero-order valence-corrected chi connectivity index (χ0v) is 19.0. The van der Waals surface area contributed by atoms with Gasteiger partial charge in [0, 0.05) is 38.3 Å². The second-order valence-corrected chi connectivity index (χ2v) is 7.60. The number of benzene rings is 2. The highest BCUT2D eigenvalue weighted by Gasteiger charge is 2.20. The van der Waals surface area contributed by atoms with Crippen molar-refractivity contribution in [2.75, 3.05) is 37.6 Å². The van der Waals surface area contributed by atoms with Crippen molar-refractivity contribution in [3.8, 4) is 11.6 Å². The van der Waals surface area contributed by atoms with E-state index in [2.05, 4.69) is 16.7 Å². The molecule has 2 aromatic carbocycles. The summed E-state index contributed by atoms with van der Waals surface area (Å²) >= 11 is 0. The maximum Gasteiger partial charge on any atom is 0.328 e. The number of carboxylic acids is 2. The Kier molecular flexibility index (Phi) is 8.93. The zero-order valence-electron chi connectivity index (χ0n) is 19.0. The third kappa shape index (κ3) is 7.28. The van der Waals surface area contributed by atoms with Gasteiger partial charge in [-0.3, -0.25) is 4.90 Å². The van der Waals surface area contributed by atoms with Crippen LogP contribution >= 0.6 is 0 Å². The van der Waals surface area contributed by atoms with Gasteiger partial charge in [-0.05, 0) is 37.2 Å². The maximum absolute atomic E-state index is 9.55. The first-order valence-corrected chi connectivity index (χ1v) is 11.1. The van der Waals surface area contributed by atoms with Crippen molar-refractivity contribution in [2.24, 2.45) is 0 Å². The molecule has 0 unspecified atom stereocenters. The molecular weight excluding hydrogens is 436 g/mol. The molecule has 4 rings (SSSR count). The van der Waals surface area contributed by atoms with Crippen LogP contribution in [0.4, 0.5) is 5.95 Å². The smallest absolute Gasteiger partial charge is 0.328 e. The predicted molar refractivity (Wildman–Crippen MR) is 129 cm³/mol. The van der Waals surface area contributed by atoms with Gasteiger partial charge in [0.2, 0.25) is 11.8 Å². The lowest BCUT2D eigenvalue weighted by atomic mass is 10.2. The molecule has 3 aromatic rings. The van der Waals surface area contributed by atoms with Crippen LogP contribution in [0.15, 0.2) is 66.7 Å². The van der Waals surface area contributed by atoms with Crippen molar-refractivity contribution in [2.45, 2.75) is 13.3 Å². The minimum atomic E-state index is -1.26. The summed E-state index contributed by atoms with van der Waals surface area (Å²) in [6.45, 7) is 7.39. The first-order valence-electron chi connectivity index (χ1n) is 11.1. The molecule has 1 aliphatic rings. The molecule has 0 atom stereocenters.